The molecule has 0 aliphatic heterocycles. The summed E-state index contributed by atoms with van der Waals surface area (Å²) in [4.78, 5) is 2.33. The number of benzene rings is 1. The summed E-state index contributed by atoms with van der Waals surface area (Å²) in [6.45, 7) is 1.81. The van der Waals surface area contributed by atoms with Crippen molar-refractivity contribution in [3.63, 3.8) is 0 Å². The van der Waals surface area contributed by atoms with Gasteiger partial charge in [-0.25, -0.2) is 0 Å². The number of hydrogen-bond acceptors (Lipinski definition) is 1. The van der Waals surface area contributed by atoms with Gasteiger partial charge in [0.2, 0.25) is 0 Å². The predicted octanol–water partition coefficient (Wildman–Crippen LogP) is 3.50. The van der Waals surface area contributed by atoms with Crippen molar-refractivity contribution in [3.8, 4) is 5.75 Å². The SMILES string of the molecule is COc1cc(C)cc2cc(C(F)(F)F)[nH]c12. The summed E-state index contributed by atoms with van der Waals surface area (Å²) in [5.41, 5.74) is 0.476. The van der Waals surface area contributed by atoms with E-state index >= 15 is 0 Å². The second-order valence-corrected chi connectivity index (χ2v) is 3.61. The molecule has 2 aromatic rings. The number of fused-ring (bicyclic) bond motifs is 1. The lowest BCUT2D eigenvalue weighted by molar-refractivity contribution is -0.140. The number of nitrogens with one attached hydrogen (secondary N) is 1. The lowest BCUT2D eigenvalue weighted by Crippen LogP contribution is -2.04. The maximum Gasteiger partial charge on any atom is 0.431 e. The standard InChI is InChI=1S/C11H10F3NO/c1-6-3-7-5-9(11(12,13)14)15-10(7)8(4-6)16-2/h3-5,15H,1-2H3. The molecule has 0 spiro atoms. The molecular weight excluding hydrogens is 219 g/mol. The van der Waals surface area contributed by atoms with E-state index in [9.17, 15) is 13.2 Å². The van der Waals surface area contributed by atoms with Crippen LogP contribution in [0.2, 0.25) is 0 Å². The summed E-state index contributed by atoms with van der Waals surface area (Å²) in [6.07, 6.45) is -4.36. The summed E-state index contributed by atoms with van der Waals surface area (Å²) >= 11 is 0. The molecule has 0 fully saturated rings. The van der Waals surface area contributed by atoms with Gasteiger partial charge in [0, 0.05) is 5.39 Å². The molecule has 0 radical (unpaired) electrons. The minimum Gasteiger partial charge on any atom is -0.495 e. The highest BCUT2D eigenvalue weighted by molar-refractivity contribution is 5.87. The predicted molar refractivity (Wildman–Crippen MR) is 54.6 cm³/mol. The molecule has 0 unspecified atom stereocenters. The van der Waals surface area contributed by atoms with Gasteiger partial charge in [-0.05, 0) is 30.7 Å². The Balaban J connectivity index is 2.70. The zero-order valence-electron chi connectivity index (χ0n) is 8.77. The number of aromatic nitrogens is 1. The molecule has 0 atom stereocenters. The van der Waals surface area contributed by atoms with Gasteiger partial charge in [0.25, 0.3) is 0 Å². The van der Waals surface area contributed by atoms with Crippen molar-refractivity contribution in [3.05, 3.63) is 29.5 Å². The van der Waals surface area contributed by atoms with Gasteiger partial charge in [-0.2, -0.15) is 13.2 Å². The molecule has 0 bridgehead atoms. The third kappa shape index (κ3) is 1.73. The Labute approximate surface area is 90.0 Å². The average Bonchev–Trinajstić information content (AvgIpc) is 2.59. The number of aryl methyl sites for hydroxylation is 1. The molecule has 0 saturated heterocycles. The number of ether oxygens (including phenoxy) is 1. The first kappa shape index (κ1) is 10.9. The molecule has 86 valence electrons. The number of methoxy groups -OCH3 is 1. The Bertz CT molecular complexity index is 528. The van der Waals surface area contributed by atoms with Gasteiger partial charge in [0.1, 0.15) is 11.4 Å². The summed E-state index contributed by atoms with van der Waals surface area (Å²) in [7, 11) is 1.43. The molecule has 0 aliphatic rings. The number of hydrogen-bond donors (Lipinski definition) is 1. The van der Waals surface area contributed by atoms with Crippen LogP contribution >= 0.6 is 0 Å². The van der Waals surface area contributed by atoms with E-state index in [-0.39, 0.29) is 0 Å². The van der Waals surface area contributed by atoms with Crippen molar-refractivity contribution in [2.45, 2.75) is 13.1 Å². The lowest BCUT2D eigenvalue weighted by atomic mass is 10.1. The van der Waals surface area contributed by atoms with Gasteiger partial charge >= 0.3 is 6.18 Å². The minimum atomic E-state index is -4.36. The second kappa shape index (κ2) is 3.43. The third-order valence-corrected chi connectivity index (χ3v) is 2.36. The van der Waals surface area contributed by atoms with Crippen molar-refractivity contribution in [1.29, 1.82) is 0 Å². The molecule has 1 aromatic heterocycles. The molecule has 0 amide bonds. The highest BCUT2D eigenvalue weighted by atomic mass is 19.4. The van der Waals surface area contributed by atoms with Gasteiger partial charge < -0.3 is 9.72 Å². The van der Waals surface area contributed by atoms with Crippen molar-refractivity contribution in [1.82, 2.24) is 4.98 Å². The molecule has 0 saturated carbocycles. The Kier molecular flexibility index (Phi) is 2.33. The highest BCUT2D eigenvalue weighted by Crippen LogP contribution is 2.34. The molecule has 2 rings (SSSR count). The molecule has 1 N–H and O–H groups in total. The number of rotatable bonds is 1. The smallest absolute Gasteiger partial charge is 0.431 e. The lowest BCUT2D eigenvalue weighted by Gasteiger charge is -2.03. The fourth-order valence-corrected chi connectivity index (χ4v) is 1.67. The van der Waals surface area contributed by atoms with E-state index in [0.29, 0.717) is 16.7 Å². The summed E-state index contributed by atoms with van der Waals surface area (Å²) in [5, 5.41) is 0.504. The molecule has 2 nitrogen and oxygen atoms in total. The molecular formula is C11H10F3NO. The van der Waals surface area contributed by atoms with Crippen molar-refractivity contribution in [2.24, 2.45) is 0 Å². The largest absolute Gasteiger partial charge is 0.495 e. The number of aromatic amines is 1. The van der Waals surface area contributed by atoms with Crippen LogP contribution in [0.1, 0.15) is 11.3 Å². The summed E-state index contributed by atoms with van der Waals surface area (Å²) in [5.74, 6) is 0.422. The van der Waals surface area contributed by atoms with Crippen LogP contribution in [0.5, 0.6) is 5.75 Å². The Hall–Kier alpha value is -1.65. The molecule has 1 aromatic carbocycles. The Morgan fingerprint density at radius 1 is 1.19 bits per heavy atom. The maximum absolute atomic E-state index is 12.5. The normalized spacial score (nSPS) is 12.1. The highest BCUT2D eigenvalue weighted by Gasteiger charge is 2.32. The maximum atomic E-state index is 12.5. The van der Waals surface area contributed by atoms with Crippen LogP contribution in [-0.2, 0) is 6.18 Å². The average molecular weight is 229 g/mol. The fourth-order valence-electron chi connectivity index (χ4n) is 1.67. The zero-order chi connectivity index (χ0) is 11.9. The van der Waals surface area contributed by atoms with Gasteiger partial charge in [-0.15, -0.1) is 0 Å². The zero-order valence-corrected chi connectivity index (χ0v) is 8.77. The van der Waals surface area contributed by atoms with Gasteiger partial charge in [-0.3, -0.25) is 0 Å². The first-order valence-corrected chi connectivity index (χ1v) is 4.66. The quantitative estimate of drug-likeness (QED) is 0.795. The van der Waals surface area contributed by atoms with Crippen molar-refractivity contribution >= 4 is 10.9 Å². The van der Waals surface area contributed by atoms with E-state index in [1.807, 2.05) is 6.92 Å². The van der Waals surface area contributed by atoms with Crippen LogP contribution in [0.3, 0.4) is 0 Å². The first-order valence-electron chi connectivity index (χ1n) is 4.66. The molecule has 16 heavy (non-hydrogen) atoms. The number of halogens is 3. The van der Waals surface area contributed by atoms with Gasteiger partial charge in [-0.1, -0.05) is 0 Å². The molecule has 0 aliphatic carbocycles. The second-order valence-electron chi connectivity index (χ2n) is 3.61. The van der Waals surface area contributed by atoms with Gasteiger partial charge in [0.05, 0.1) is 12.6 Å². The van der Waals surface area contributed by atoms with E-state index < -0.39 is 11.9 Å². The van der Waals surface area contributed by atoms with E-state index in [2.05, 4.69) is 4.98 Å². The van der Waals surface area contributed by atoms with Crippen LogP contribution in [0.25, 0.3) is 10.9 Å². The van der Waals surface area contributed by atoms with E-state index in [1.165, 1.54) is 7.11 Å². The molecule has 1 heterocycles. The monoisotopic (exact) mass is 229 g/mol. The van der Waals surface area contributed by atoms with Crippen LogP contribution in [0.15, 0.2) is 18.2 Å². The summed E-state index contributed by atoms with van der Waals surface area (Å²) in [6, 6.07) is 4.47. The Morgan fingerprint density at radius 2 is 1.88 bits per heavy atom. The Morgan fingerprint density at radius 3 is 2.44 bits per heavy atom. The van der Waals surface area contributed by atoms with Gasteiger partial charge in [0.15, 0.2) is 0 Å². The topological polar surface area (TPSA) is 25.0 Å². The first-order chi connectivity index (χ1) is 7.41. The van der Waals surface area contributed by atoms with Crippen LogP contribution in [-0.4, -0.2) is 12.1 Å². The van der Waals surface area contributed by atoms with Crippen molar-refractivity contribution in [2.75, 3.05) is 7.11 Å². The van der Waals surface area contributed by atoms with E-state index in [0.717, 1.165) is 11.6 Å². The van der Waals surface area contributed by atoms with Crippen LogP contribution < -0.4 is 4.74 Å². The third-order valence-electron chi connectivity index (χ3n) is 2.36. The van der Waals surface area contributed by atoms with E-state index in [1.54, 1.807) is 12.1 Å². The fraction of sp³-hybridized carbons (Fsp3) is 0.273. The van der Waals surface area contributed by atoms with Crippen molar-refractivity contribution < 1.29 is 17.9 Å². The van der Waals surface area contributed by atoms with E-state index in [4.69, 9.17) is 4.74 Å². The van der Waals surface area contributed by atoms with Crippen LogP contribution in [0.4, 0.5) is 13.2 Å². The number of H-pyrrole nitrogens is 1. The van der Waals surface area contributed by atoms with Crippen LogP contribution in [0, 0.1) is 6.92 Å². The number of alkyl halides is 3. The summed E-state index contributed by atoms with van der Waals surface area (Å²) < 4.78 is 42.5. The molecule has 5 heteroatoms. The minimum absolute atomic E-state index is 0.375.